The molecule has 104 valence electrons. The van der Waals surface area contributed by atoms with Crippen molar-refractivity contribution in [3.63, 3.8) is 0 Å². The van der Waals surface area contributed by atoms with Gasteiger partial charge in [-0.15, -0.1) is 0 Å². The third kappa shape index (κ3) is 2.43. The summed E-state index contributed by atoms with van der Waals surface area (Å²) in [5.41, 5.74) is 3.00. The van der Waals surface area contributed by atoms with E-state index in [4.69, 9.17) is 4.74 Å². The largest absolute Gasteiger partial charge is 0.497 e. The van der Waals surface area contributed by atoms with Gasteiger partial charge < -0.3 is 9.64 Å². The van der Waals surface area contributed by atoms with Crippen LogP contribution in [0.4, 0.5) is 5.69 Å². The number of carbonyl (C=O) groups is 1. The van der Waals surface area contributed by atoms with Gasteiger partial charge in [-0.25, -0.2) is 0 Å². The van der Waals surface area contributed by atoms with E-state index >= 15 is 0 Å². The lowest BCUT2D eigenvalue weighted by atomic mass is 10.1. The average Bonchev–Trinajstić information content (AvgIpc) is 2.93. The van der Waals surface area contributed by atoms with Gasteiger partial charge in [0.15, 0.2) is 0 Å². The van der Waals surface area contributed by atoms with Gasteiger partial charge in [-0.2, -0.15) is 11.3 Å². The molecule has 0 spiro atoms. The fourth-order valence-corrected chi connectivity index (χ4v) is 3.24. The van der Waals surface area contributed by atoms with Crippen molar-refractivity contribution in [2.45, 2.75) is 19.3 Å². The maximum absolute atomic E-state index is 12.6. The molecule has 0 fully saturated rings. The first-order valence-electron chi connectivity index (χ1n) is 6.80. The topological polar surface area (TPSA) is 29.5 Å². The van der Waals surface area contributed by atoms with Crippen LogP contribution in [0.1, 0.15) is 28.8 Å². The van der Waals surface area contributed by atoms with Gasteiger partial charge in [0.05, 0.1) is 12.7 Å². The number of methoxy groups -OCH3 is 1. The maximum Gasteiger partial charge on any atom is 0.259 e. The summed E-state index contributed by atoms with van der Waals surface area (Å²) in [6.45, 7) is 0.786. The van der Waals surface area contributed by atoms with Crippen molar-refractivity contribution < 1.29 is 9.53 Å². The van der Waals surface area contributed by atoms with Crippen LogP contribution in [0.25, 0.3) is 0 Å². The smallest absolute Gasteiger partial charge is 0.259 e. The lowest BCUT2D eigenvalue weighted by Crippen LogP contribution is -2.31. The van der Waals surface area contributed by atoms with Crippen molar-refractivity contribution in [2.24, 2.45) is 0 Å². The first-order valence-corrected chi connectivity index (χ1v) is 7.75. The molecule has 0 aliphatic carbocycles. The number of ether oxygens (including phenoxy) is 1. The molecule has 1 amide bonds. The minimum atomic E-state index is 0.0968. The molecule has 1 aliphatic rings. The fraction of sp³-hybridized carbons (Fsp3) is 0.312. The predicted octanol–water partition coefficient (Wildman–Crippen LogP) is 3.74. The number of thiophene rings is 1. The number of aryl methyl sites for hydroxylation is 1. The quantitative estimate of drug-likeness (QED) is 0.842. The molecule has 20 heavy (non-hydrogen) atoms. The number of rotatable bonds is 2. The van der Waals surface area contributed by atoms with Crippen LogP contribution < -0.4 is 9.64 Å². The zero-order valence-corrected chi connectivity index (χ0v) is 12.3. The van der Waals surface area contributed by atoms with Gasteiger partial charge in [0.1, 0.15) is 5.75 Å². The molecule has 2 aromatic rings. The maximum atomic E-state index is 12.6. The molecule has 1 aromatic carbocycles. The Hall–Kier alpha value is -1.81. The Morgan fingerprint density at radius 3 is 2.95 bits per heavy atom. The third-order valence-electron chi connectivity index (χ3n) is 3.67. The summed E-state index contributed by atoms with van der Waals surface area (Å²) in [6.07, 6.45) is 3.14. The monoisotopic (exact) mass is 287 g/mol. The predicted molar refractivity (Wildman–Crippen MR) is 81.9 cm³/mol. The highest BCUT2D eigenvalue weighted by atomic mass is 32.1. The molecule has 0 saturated heterocycles. The molecule has 0 atom stereocenters. The molecular formula is C16H17NO2S. The summed E-state index contributed by atoms with van der Waals surface area (Å²) < 4.78 is 5.29. The van der Waals surface area contributed by atoms with Crippen LogP contribution in [0.2, 0.25) is 0 Å². The number of fused-ring (bicyclic) bond motifs is 1. The van der Waals surface area contributed by atoms with E-state index in [-0.39, 0.29) is 5.91 Å². The molecule has 1 aliphatic heterocycles. The number of benzene rings is 1. The summed E-state index contributed by atoms with van der Waals surface area (Å²) in [5, 5.41) is 3.86. The Balaban J connectivity index is 1.99. The Morgan fingerprint density at radius 1 is 1.30 bits per heavy atom. The second-order valence-corrected chi connectivity index (χ2v) is 5.70. The standard InChI is InChI=1S/C16H17NO2S/c1-19-14-5-6-15-12(10-14)4-2-3-8-17(15)16(18)13-7-9-20-11-13/h5-7,9-11H,2-4,8H2,1H3. The average molecular weight is 287 g/mol. The van der Waals surface area contributed by atoms with E-state index in [0.717, 1.165) is 42.8 Å². The number of nitrogens with zero attached hydrogens (tertiary/aromatic N) is 1. The summed E-state index contributed by atoms with van der Waals surface area (Å²) in [6, 6.07) is 7.87. The number of hydrogen-bond acceptors (Lipinski definition) is 3. The van der Waals surface area contributed by atoms with E-state index < -0.39 is 0 Å². The first kappa shape index (κ1) is 13.2. The molecule has 1 aromatic heterocycles. The first-order chi connectivity index (χ1) is 9.79. The van der Waals surface area contributed by atoms with Crippen LogP contribution in [0, 0.1) is 0 Å². The van der Waals surface area contributed by atoms with E-state index in [0.29, 0.717) is 0 Å². The summed E-state index contributed by atoms with van der Waals surface area (Å²) in [7, 11) is 1.67. The number of anilines is 1. The lowest BCUT2D eigenvalue weighted by molar-refractivity contribution is 0.0987. The number of carbonyl (C=O) groups excluding carboxylic acids is 1. The molecule has 2 heterocycles. The van der Waals surface area contributed by atoms with Crippen molar-refractivity contribution >= 4 is 22.9 Å². The summed E-state index contributed by atoms with van der Waals surface area (Å²) in [4.78, 5) is 14.5. The second-order valence-electron chi connectivity index (χ2n) is 4.92. The summed E-state index contributed by atoms with van der Waals surface area (Å²) >= 11 is 1.56. The zero-order valence-electron chi connectivity index (χ0n) is 11.5. The van der Waals surface area contributed by atoms with Gasteiger partial charge >= 0.3 is 0 Å². The SMILES string of the molecule is COc1ccc2c(c1)CCCCN2C(=O)c1ccsc1. The highest BCUT2D eigenvalue weighted by Gasteiger charge is 2.22. The molecular weight excluding hydrogens is 270 g/mol. The van der Waals surface area contributed by atoms with E-state index in [1.165, 1.54) is 5.56 Å². The minimum absolute atomic E-state index is 0.0968. The molecule has 0 radical (unpaired) electrons. The van der Waals surface area contributed by atoms with Gasteiger partial charge in [-0.3, -0.25) is 4.79 Å². The van der Waals surface area contributed by atoms with Crippen molar-refractivity contribution in [1.82, 2.24) is 0 Å². The molecule has 3 nitrogen and oxygen atoms in total. The van der Waals surface area contributed by atoms with Crippen LogP contribution in [0.3, 0.4) is 0 Å². The number of hydrogen-bond donors (Lipinski definition) is 0. The fourth-order valence-electron chi connectivity index (χ4n) is 2.61. The minimum Gasteiger partial charge on any atom is -0.497 e. The molecule has 0 saturated carbocycles. The normalized spacial score (nSPS) is 14.6. The molecule has 0 bridgehead atoms. The second kappa shape index (κ2) is 5.67. The van der Waals surface area contributed by atoms with Crippen molar-refractivity contribution in [3.8, 4) is 5.75 Å². The molecule has 4 heteroatoms. The van der Waals surface area contributed by atoms with E-state index in [2.05, 4.69) is 6.07 Å². The Labute approximate surface area is 122 Å². The van der Waals surface area contributed by atoms with Gasteiger partial charge in [0.2, 0.25) is 0 Å². The molecule has 0 N–H and O–H groups in total. The molecule has 3 rings (SSSR count). The molecule has 0 unspecified atom stereocenters. The van der Waals surface area contributed by atoms with Gasteiger partial charge in [0, 0.05) is 17.6 Å². The lowest BCUT2D eigenvalue weighted by Gasteiger charge is -2.23. The third-order valence-corrected chi connectivity index (χ3v) is 4.35. The Morgan fingerprint density at radius 2 is 2.20 bits per heavy atom. The Kier molecular flexibility index (Phi) is 3.74. The van der Waals surface area contributed by atoms with Crippen LogP contribution in [-0.2, 0) is 6.42 Å². The van der Waals surface area contributed by atoms with Gasteiger partial charge in [-0.1, -0.05) is 0 Å². The Bertz CT molecular complexity index is 607. The number of amides is 1. The van der Waals surface area contributed by atoms with Crippen LogP contribution in [-0.4, -0.2) is 19.6 Å². The van der Waals surface area contributed by atoms with Crippen molar-refractivity contribution in [2.75, 3.05) is 18.6 Å². The zero-order chi connectivity index (χ0) is 13.9. The van der Waals surface area contributed by atoms with E-state index in [9.17, 15) is 4.79 Å². The van der Waals surface area contributed by atoms with Crippen molar-refractivity contribution in [3.05, 3.63) is 46.2 Å². The highest BCUT2D eigenvalue weighted by Crippen LogP contribution is 2.31. The van der Waals surface area contributed by atoms with Gasteiger partial charge in [0.25, 0.3) is 5.91 Å². The summed E-state index contributed by atoms with van der Waals surface area (Å²) in [5.74, 6) is 0.952. The van der Waals surface area contributed by atoms with E-state index in [1.807, 2.05) is 33.9 Å². The van der Waals surface area contributed by atoms with Crippen LogP contribution in [0.5, 0.6) is 5.75 Å². The van der Waals surface area contributed by atoms with Crippen molar-refractivity contribution in [1.29, 1.82) is 0 Å². The van der Waals surface area contributed by atoms with Crippen LogP contribution >= 0.6 is 11.3 Å². The van der Waals surface area contributed by atoms with Gasteiger partial charge in [-0.05, 0) is 54.5 Å². The highest BCUT2D eigenvalue weighted by molar-refractivity contribution is 7.08. The van der Waals surface area contributed by atoms with E-state index in [1.54, 1.807) is 18.4 Å². The van der Waals surface area contributed by atoms with Crippen LogP contribution in [0.15, 0.2) is 35.0 Å².